The number of nitrogens with zero attached hydrogens (tertiary/aromatic N) is 3. The molecule has 0 spiro atoms. The van der Waals surface area contributed by atoms with Crippen LogP contribution in [0.15, 0.2) is 46.7 Å². The zero-order valence-corrected chi connectivity index (χ0v) is 35.3. The minimum Gasteiger partial charge on any atom is -0.279 e. The fraction of sp³-hybridized carbons (Fsp3) is 0.660. The molecule has 0 N–H and O–H groups in total. The summed E-state index contributed by atoms with van der Waals surface area (Å²) in [6, 6.07) is 13.2. The summed E-state index contributed by atoms with van der Waals surface area (Å²) in [6.45, 7) is 17.5. The molecule has 2 rings (SSSR count). The van der Waals surface area contributed by atoms with Crippen LogP contribution < -0.4 is 0 Å². The highest BCUT2D eigenvalue weighted by Crippen LogP contribution is 2.23. The Bertz CT molecular complexity index is 1360. The van der Waals surface area contributed by atoms with Crippen LogP contribution in [0.3, 0.4) is 0 Å². The second kappa shape index (κ2) is 27.8. The van der Waals surface area contributed by atoms with Crippen LogP contribution in [0.25, 0.3) is 0 Å². The molecule has 0 atom stereocenters. The fourth-order valence-corrected chi connectivity index (χ4v) is 6.95. The van der Waals surface area contributed by atoms with Crippen molar-refractivity contribution in [3.8, 4) is 23.3 Å². The first-order valence-electron chi connectivity index (χ1n) is 21.3. The molecule has 0 fully saturated rings. The van der Waals surface area contributed by atoms with E-state index in [9.17, 15) is 0 Å². The first-order chi connectivity index (χ1) is 24.8. The van der Waals surface area contributed by atoms with Gasteiger partial charge in [-0.05, 0) is 87.1 Å². The number of benzene rings is 2. The maximum Gasteiger partial charge on any atom is 0.129 e. The molecule has 0 amide bonds. The lowest BCUT2D eigenvalue weighted by Crippen LogP contribution is -2.16. The first-order valence-corrected chi connectivity index (χ1v) is 24.8. The van der Waals surface area contributed by atoms with Crippen LogP contribution in [-0.4, -0.2) is 26.2 Å². The largest absolute Gasteiger partial charge is 0.279 e. The highest BCUT2D eigenvalue weighted by atomic mass is 28.3. The summed E-state index contributed by atoms with van der Waals surface area (Å²) < 4.78 is 0. The summed E-state index contributed by atoms with van der Waals surface area (Å²) in [5.74, 6) is 10.7. The average Bonchev–Trinajstić information content (AvgIpc) is 3.12. The summed E-state index contributed by atoms with van der Waals surface area (Å²) in [4.78, 5) is 0. The highest BCUT2D eigenvalue weighted by Gasteiger charge is 2.09. The Labute approximate surface area is 317 Å². The van der Waals surface area contributed by atoms with Crippen LogP contribution in [0.1, 0.15) is 184 Å². The van der Waals surface area contributed by atoms with Crippen molar-refractivity contribution in [2.45, 2.75) is 189 Å². The number of hydrogen-bond donors (Lipinski definition) is 0. The lowest BCUT2D eigenvalue weighted by molar-refractivity contribution is 0.300. The molecule has 0 saturated heterocycles. The maximum atomic E-state index is 4.58. The van der Waals surface area contributed by atoms with E-state index < -0.39 is 8.07 Å². The van der Waals surface area contributed by atoms with Crippen molar-refractivity contribution in [1.82, 2.24) is 5.01 Å². The zero-order valence-electron chi connectivity index (χ0n) is 34.3. The van der Waals surface area contributed by atoms with Gasteiger partial charge in [-0.15, -0.1) is 10.7 Å². The first kappa shape index (κ1) is 44.3. The smallest absolute Gasteiger partial charge is 0.129 e. The molecule has 0 aliphatic heterocycles. The number of aryl methyl sites for hydroxylation is 2. The topological polar surface area (TPSA) is 28.0 Å². The molecule has 3 nitrogen and oxygen atoms in total. The van der Waals surface area contributed by atoms with Gasteiger partial charge in [0.15, 0.2) is 0 Å². The SMILES string of the molecule is CCCCCCCCCCCCc1cc(C#Cc2ccc(N=NN(CC)CC)cc2CCCCCCCCCCCC)ccc1C#C[Si](C)(C)C. The van der Waals surface area contributed by atoms with Gasteiger partial charge in [0.05, 0.1) is 5.69 Å². The van der Waals surface area contributed by atoms with Gasteiger partial charge in [-0.2, -0.15) is 0 Å². The minimum absolute atomic E-state index is 0.860. The molecule has 0 unspecified atom stereocenters. The lowest BCUT2D eigenvalue weighted by atomic mass is 9.97. The predicted octanol–water partition coefficient (Wildman–Crippen LogP) is 14.6. The van der Waals surface area contributed by atoms with Crippen LogP contribution in [0.4, 0.5) is 5.69 Å². The van der Waals surface area contributed by atoms with E-state index in [1.807, 2.05) is 5.01 Å². The number of hydrogen-bond acceptors (Lipinski definition) is 2. The van der Waals surface area contributed by atoms with Crippen molar-refractivity contribution in [1.29, 1.82) is 0 Å². The van der Waals surface area contributed by atoms with Gasteiger partial charge in [0, 0.05) is 29.8 Å². The molecular weight excluding hydrogens is 635 g/mol. The van der Waals surface area contributed by atoms with Crippen LogP contribution in [0.2, 0.25) is 19.6 Å². The third-order valence-corrected chi connectivity index (χ3v) is 10.6. The predicted molar refractivity (Wildman–Crippen MR) is 228 cm³/mol. The van der Waals surface area contributed by atoms with Crippen molar-refractivity contribution in [2.24, 2.45) is 10.3 Å². The van der Waals surface area contributed by atoms with E-state index in [1.54, 1.807) is 0 Å². The third-order valence-electron chi connectivity index (χ3n) is 9.72. The van der Waals surface area contributed by atoms with Gasteiger partial charge in [-0.25, -0.2) is 0 Å². The second-order valence-electron chi connectivity index (χ2n) is 15.7. The normalized spacial score (nSPS) is 11.4. The molecule has 0 aliphatic rings. The molecule has 0 aromatic heterocycles. The molecule has 0 heterocycles. The van der Waals surface area contributed by atoms with Crippen LogP contribution in [0, 0.1) is 23.3 Å². The Kier molecular flexibility index (Phi) is 24.2. The molecule has 0 radical (unpaired) electrons. The fourth-order valence-electron chi connectivity index (χ4n) is 6.44. The molecule has 2 aromatic carbocycles. The highest BCUT2D eigenvalue weighted by molar-refractivity contribution is 6.83. The van der Waals surface area contributed by atoms with E-state index >= 15 is 0 Å². The molecule has 2 aromatic rings. The third kappa shape index (κ3) is 21.3. The Morgan fingerprint density at radius 1 is 0.510 bits per heavy atom. The van der Waals surface area contributed by atoms with E-state index in [2.05, 4.69) is 117 Å². The molecular formula is C47H75N3Si. The Balaban J connectivity index is 2.15. The monoisotopic (exact) mass is 710 g/mol. The summed E-state index contributed by atoms with van der Waals surface area (Å²) in [5.41, 5.74) is 10.6. The Morgan fingerprint density at radius 3 is 1.45 bits per heavy atom. The van der Waals surface area contributed by atoms with Gasteiger partial charge in [0.25, 0.3) is 0 Å². The van der Waals surface area contributed by atoms with E-state index in [4.69, 9.17) is 0 Å². The average molecular weight is 710 g/mol. The van der Waals surface area contributed by atoms with Crippen LogP contribution in [-0.2, 0) is 12.8 Å². The van der Waals surface area contributed by atoms with E-state index in [-0.39, 0.29) is 0 Å². The standard InChI is InChI=1S/C47H75N3Si/c1-8-12-14-16-18-20-22-24-26-28-30-45-40-42(33-35-44(45)38-39-51(5,6)7)32-34-43-36-37-47(48-49-50(10-3)11-4)41-46(43)31-29-27-25-23-21-19-17-15-13-9-2/h33,35-37,40-41H,8-31H2,1-7H3. The molecule has 51 heavy (non-hydrogen) atoms. The van der Waals surface area contributed by atoms with Gasteiger partial charge in [-0.3, -0.25) is 5.01 Å². The van der Waals surface area contributed by atoms with Gasteiger partial charge >= 0.3 is 0 Å². The van der Waals surface area contributed by atoms with Crippen molar-refractivity contribution in [3.63, 3.8) is 0 Å². The minimum atomic E-state index is -1.46. The van der Waals surface area contributed by atoms with Gasteiger partial charge in [-0.1, -0.05) is 172 Å². The summed E-state index contributed by atoms with van der Waals surface area (Å²) in [6.07, 6.45) is 29.1. The van der Waals surface area contributed by atoms with Gasteiger partial charge in [0.2, 0.25) is 0 Å². The Morgan fingerprint density at radius 2 is 0.961 bits per heavy atom. The summed E-state index contributed by atoms with van der Waals surface area (Å²) >= 11 is 0. The zero-order chi connectivity index (χ0) is 37.0. The van der Waals surface area contributed by atoms with E-state index in [0.29, 0.717) is 0 Å². The van der Waals surface area contributed by atoms with Gasteiger partial charge < -0.3 is 0 Å². The quantitative estimate of drug-likeness (QED) is 0.0314. The summed E-state index contributed by atoms with van der Waals surface area (Å²) in [7, 11) is -1.46. The lowest BCUT2D eigenvalue weighted by Gasteiger charge is -2.11. The van der Waals surface area contributed by atoms with Gasteiger partial charge in [0.1, 0.15) is 8.07 Å². The Hall–Kier alpha value is -2.82. The molecule has 4 heteroatoms. The number of unbranched alkanes of at least 4 members (excludes halogenated alkanes) is 18. The van der Waals surface area contributed by atoms with Crippen molar-refractivity contribution >= 4 is 13.8 Å². The van der Waals surface area contributed by atoms with Crippen molar-refractivity contribution in [3.05, 3.63) is 64.2 Å². The van der Waals surface area contributed by atoms with E-state index in [0.717, 1.165) is 42.7 Å². The summed E-state index contributed by atoms with van der Waals surface area (Å²) in [5, 5.41) is 11.0. The second-order valence-corrected chi connectivity index (χ2v) is 20.4. The molecule has 282 valence electrons. The molecule has 0 bridgehead atoms. The maximum absolute atomic E-state index is 4.58. The molecule has 0 saturated carbocycles. The van der Waals surface area contributed by atoms with Crippen molar-refractivity contribution in [2.75, 3.05) is 13.1 Å². The van der Waals surface area contributed by atoms with Crippen molar-refractivity contribution < 1.29 is 0 Å². The molecule has 0 aliphatic carbocycles. The van der Waals surface area contributed by atoms with Crippen LogP contribution >= 0.6 is 0 Å². The van der Waals surface area contributed by atoms with Crippen LogP contribution in [0.5, 0.6) is 0 Å². The van der Waals surface area contributed by atoms with E-state index in [1.165, 1.54) is 145 Å². The number of rotatable bonds is 26.